The van der Waals surface area contributed by atoms with Crippen LogP contribution in [0.2, 0.25) is 0 Å². The Morgan fingerprint density at radius 3 is 1.83 bits per heavy atom. The Labute approximate surface area is 262 Å². The van der Waals surface area contributed by atoms with Crippen molar-refractivity contribution in [2.45, 2.75) is 125 Å². The SMILES string of the molecule is CCC1=C(CC)/C2=C/C3=C(CC)C(CC)C(CC4N=C(/C=c5\[n-]/c(c(CC)c5CC)=C\C1=N2)C(CC)=C4CC)[N-]3.[Pt+2]. The van der Waals surface area contributed by atoms with Gasteiger partial charge in [-0.3, -0.25) is 4.99 Å². The number of hydrogen-bond donors (Lipinski definition) is 0. The van der Waals surface area contributed by atoms with Crippen LogP contribution in [0.4, 0.5) is 0 Å². The molecule has 4 aliphatic heterocycles. The summed E-state index contributed by atoms with van der Waals surface area (Å²) in [6, 6.07) is 0.475. The van der Waals surface area contributed by atoms with Crippen LogP contribution in [-0.4, -0.2) is 23.5 Å². The first-order valence-electron chi connectivity index (χ1n) is 16.1. The van der Waals surface area contributed by atoms with Gasteiger partial charge in [0.1, 0.15) is 0 Å². The molecule has 0 aromatic carbocycles. The fraction of sp³-hybridized carbons (Fsp3) is 0.556. The van der Waals surface area contributed by atoms with E-state index in [4.69, 9.17) is 20.3 Å². The van der Waals surface area contributed by atoms with Gasteiger partial charge in [-0.25, -0.2) is 4.99 Å². The molecular formula is C36H48N4Pt. The Bertz CT molecular complexity index is 1490. The number of aliphatic imine (C=N–C) groups is 2. The van der Waals surface area contributed by atoms with Crippen LogP contribution in [0, 0.1) is 5.92 Å². The van der Waals surface area contributed by atoms with Crippen molar-refractivity contribution in [1.29, 1.82) is 0 Å². The molecule has 0 amide bonds. The van der Waals surface area contributed by atoms with E-state index in [0.29, 0.717) is 5.92 Å². The first-order chi connectivity index (χ1) is 19.5. The summed E-state index contributed by atoms with van der Waals surface area (Å²) in [6.45, 7) is 18.2. The van der Waals surface area contributed by atoms with Gasteiger partial charge >= 0.3 is 21.1 Å². The molecular weight excluding hydrogens is 684 g/mol. The molecule has 5 rings (SSSR count). The fourth-order valence-electron chi connectivity index (χ4n) is 7.77. The molecule has 0 N–H and O–H groups in total. The topological polar surface area (TPSA) is 52.9 Å². The summed E-state index contributed by atoms with van der Waals surface area (Å²) < 4.78 is 0. The molecule has 5 heterocycles. The van der Waals surface area contributed by atoms with Crippen molar-refractivity contribution in [3.63, 3.8) is 0 Å². The van der Waals surface area contributed by atoms with Crippen molar-refractivity contribution in [1.82, 2.24) is 4.98 Å². The molecule has 3 atom stereocenters. The molecule has 4 aliphatic rings. The van der Waals surface area contributed by atoms with Gasteiger partial charge in [0, 0.05) is 0 Å². The Morgan fingerprint density at radius 1 is 0.683 bits per heavy atom. The average Bonchev–Trinajstić information content (AvgIpc) is 3.67. The average molecular weight is 732 g/mol. The van der Waals surface area contributed by atoms with E-state index in [1.165, 1.54) is 44.7 Å². The third-order valence-corrected chi connectivity index (χ3v) is 9.64. The van der Waals surface area contributed by atoms with Crippen LogP contribution in [0.15, 0.2) is 55.3 Å². The molecule has 0 aliphatic carbocycles. The molecule has 4 nitrogen and oxygen atoms in total. The van der Waals surface area contributed by atoms with E-state index >= 15 is 0 Å². The first-order valence-corrected chi connectivity index (χ1v) is 16.1. The Balaban J connectivity index is 0.00000387. The Kier molecular flexibility index (Phi) is 10.4. The van der Waals surface area contributed by atoms with Crippen molar-refractivity contribution in [2.75, 3.05) is 0 Å². The summed E-state index contributed by atoms with van der Waals surface area (Å²) in [5.74, 6) is 0.479. The predicted octanol–water partition coefficient (Wildman–Crippen LogP) is 7.57. The van der Waals surface area contributed by atoms with E-state index in [-0.39, 0.29) is 33.1 Å². The van der Waals surface area contributed by atoms with Gasteiger partial charge in [0.05, 0.1) is 23.2 Å². The minimum Gasteiger partial charge on any atom is -0.681 e. The summed E-state index contributed by atoms with van der Waals surface area (Å²) in [7, 11) is 0. The van der Waals surface area contributed by atoms with Gasteiger partial charge in [-0.2, -0.15) is 0 Å². The van der Waals surface area contributed by atoms with Crippen LogP contribution in [-0.2, 0) is 33.9 Å². The van der Waals surface area contributed by atoms with Crippen LogP contribution in [0.5, 0.6) is 0 Å². The van der Waals surface area contributed by atoms with E-state index in [1.807, 2.05) is 0 Å². The molecule has 0 fully saturated rings. The van der Waals surface area contributed by atoms with Crippen LogP contribution in [0.25, 0.3) is 17.5 Å². The Morgan fingerprint density at radius 2 is 1.29 bits per heavy atom. The summed E-state index contributed by atoms with van der Waals surface area (Å²) >= 11 is 0. The monoisotopic (exact) mass is 731 g/mol. The summed E-state index contributed by atoms with van der Waals surface area (Å²) in [5.41, 5.74) is 14.4. The van der Waals surface area contributed by atoms with Crippen molar-refractivity contribution in [2.24, 2.45) is 15.9 Å². The maximum Gasteiger partial charge on any atom is 2.00 e. The second-order valence-corrected chi connectivity index (χ2v) is 11.5. The number of aromatic nitrogens is 1. The molecule has 8 bridgehead atoms. The van der Waals surface area contributed by atoms with Crippen LogP contribution in [0.1, 0.15) is 111 Å². The number of allylic oxidation sites excluding steroid dienone is 4. The quantitative estimate of drug-likeness (QED) is 0.272. The largest absolute Gasteiger partial charge is 2.00 e. The fourth-order valence-corrected chi connectivity index (χ4v) is 7.77. The molecule has 5 heteroatoms. The zero-order valence-corrected chi connectivity index (χ0v) is 28.7. The van der Waals surface area contributed by atoms with Gasteiger partial charge in [0.2, 0.25) is 0 Å². The molecule has 0 spiro atoms. The van der Waals surface area contributed by atoms with Crippen molar-refractivity contribution in [3.05, 3.63) is 72.5 Å². The number of hydrogen-bond acceptors (Lipinski definition) is 2. The van der Waals surface area contributed by atoms with Crippen molar-refractivity contribution in [3.8, 4) is 0 Å². The van der Waals surface area contributed by atoms with E-state index < -0.39 is 0 Å². The van der Waals surface area contributed by atoms with E-state index in [2.05, 4.69) is 73.6 Å². The third kappa shape index (κ3) is 5.51. The second kappa shape index (κ2) is 13.4. The maximum atomic E-state index is 5.45. The minimum atomic E-state index is 0. The third-order valence-electron chi connectivity index (χ3n) is 9.64. The summed E-state index contributed by atoms with van der Waals surface area (Å²) in [5, 5.41) is 7.63. The first kappa shape index (κ1) is 31.7. The van der Waals surface area contributed by atoms with E-state index in [0.717, 1.165) is 85.6 Å². The smallest absolute Gasteiger partial charge is 0.681 e. The van der Waals surface area contributed by atoms with Gasteiger partial charge in [-0.05, 0) is 79.6 Å². The Hall–Kier alpha value is -2.19. The molecule has 3 unspecified atom stereocenters. The molecule has 222 valence electrons. The predicted molar refractivity (Wildman–Crippen MR) is 172 cm³/mol. The second-order valence-electron chi connectivity index (χ2n) is 11.5. The zero-order valence-electron chi connectivity index (χ0n) is 26.4. The van der Waals surface area contributed by atoms with Gasteiger partial charge < -0.3 is 10.3 Å². The summed E-state index contributed by atoms with van der Waals surface area (Å²) in [4.78, 5) is 16.0. The van der Waals surface area contributed by atoms with Crippen LogP contribution >= 0.6 is 0 Å². The molecule has 41 heavy (non-hydrogen) atoms. The zero-order chi connectivity index (χ0) is 28.6. The molecule has 0 saturated heterocycles. The van der Waals surface area contributed by atoms with Gasteiger partial charge in [-0.1, -0.05) is 96.7 Å². The van der Waals surface area contributed by atoms with Gasteiger partial charge in [0.25, 0.3) is 0 Å². The van der Waals surface area contributed by atoms with Gasteiger partial charge in [-0.15, -0.1) is 22.4 Å². The van der Waals surface area contributed by atoms with E-state index in [1.54, 1.807) is 0 Å². The standard InChI is InChI=1S/C36H48N4.Pt/c1-9-21-22(10-2)30-18-32-25(13-5)26(14-6)34(39-32)20-36-28(16-8)27(15-7)35(40-36)19-33-24(12-4)23(11-3)31(38-33)17-29(21)37-30;/h17-19,26,34,36H,9-16,20H2,1-8H3;/q-2;+2/b30-18-,31-17-,33-19-;. The molecule has 0 saturated carbocycles. The maximum absolute atomic E-state index is 5.45. The molecule has 0 radical (unpaired) electrons. The number of rotatable bonds is 8. The number of nitrogens with zero attached hydrogens (tertiary/aromatic N) is 4. The van der Waals surface area contributed by atoms with Gasteiger partial charge in [0.15, 0.2) is 0 Å². The number of fused-ring (bicyclic) bond motifs is 6. The minimum absolute atomic E-state index is 0. The normalized spacial score (nSPS) is 26.5. The van der Waals surface area contributed by atoms with Crippen molar-refractivity contribution < 1.29 is 21.1 Å². The van der Waals surface area contributed by atoms with E-state index in [9.17, 15) is 0 Å². The summed E-state index contributed by atoms with van der Waals surface area (Å²) in [6.07, 6.45) is 16.0. The molecule has 1 aromatic rings. The van der Waals surface area contributed by atoms with Crippen LogP contribution in [0.3, 0.4) is 0 Å². The van der Waals surface area contributed by atoms with Crippen LogP contribution < -0.4 is 15.7 Å². The molecule has 1 aromatic heterocycles. The van der Waals surface area contributed by atoms with Crippen molar-refractivity contribution >= 4 is 23.6 Å².